The number of anilines is 1. The number of carbonyl (C=O) groups excluding carboxylic acids is 1. The fourth-order valence-corrected chi connectivity index (χ4v) is 2.93. The Balaban J connectivity index is 2.50. The number of allylic oxidation sites excluding steroid dienone is 1. The summed E-state index contributed by atoms with van der Waals surface area (Å²) in [5, 5.41) is 22.0. The first-order valence-corrected chi connectivity index (χ1v) is 9.64. The molecule has 9 nitrogen and oxygen atoms in total. The van der Waals surface area contributed by atoms with Gasteiger partial charge in [0.25, 0.3) is 0 Å². The van der Waals surface area contributed by atoms with Crippen LogP contribution in [0.5, 0.6) is 23.0 Å². The quantitative estimate of drug-likeness (QED) is 0.399. The summed E-state index contributed by atoms with van der Waals surface area (Å²) < 4.78 is 21.3. The lowest BCUT2D eigenvalue weighted by molar-refractivity contribution is -0.119. The van der Waals surface area contributed by atoms with E-state index in [0.717, 1.165) is 0 Å². The van der Waals surface area contributed by atoms with Crippen molar-refractivity contribution in [2.45, 2.75) is 19.1 Å². The minimum atomic E-state index is -1.10. The van der Waals surface area contributed by atoms with E-state index in [2.05, 4.69) is 11.4 Å². The SMILES string of the molecule is COc1ccc(/C=C(/C#N)c2cc(OC)c(OC)c(OC)c2)cc1NC(=O)[C@@H](N)[C@@H](C)O. The number of methoxy groups -OCH3 is 4. The average molecular weight is 441 g/mol. The fourth-order valence-electron chi connectivity index (χ4n) is 2.93. The standard InChI is InChI=1S/C23H27N3O6/c1-13(27)21(25)23(28)26-17-9-14(6-7-18(17)29-2)8-16(12-24)15-10-19(30-3)22(32-5)20(11-15)31-4/h6-11,13,21,27H,25H2,1-5H3,(H,26,28)/b16-8-/t13-,21+/m1/s1. The van der Waals surface area contributed by atoms with Gasteiger partial charge in [0.2, 0.25) is 11.7 Å². The molecular weight excluding hydrogens is 414 g/mol. The number of rotatable bonds is 9. The molecule has 2 rings (SSSR count). The zero-order valence-corrected chi connectivity index (χ0v) is 18.6. The maximum absolute atomic E-state index is 12.3. The third-order valence-electron chi connectivity index (χ3n) is 4.71. The maximum atomic E-state index is 12.3. The molecule has 0 aliphatic carbocycles. The predicted octanol–water partition coefficient (Wildman–Crippen LogP) is 2.43. The van der Waals surface area contributed by atoms with E-state index >= 15 is 0 Å². The van der Waals surface area contributed by atoms with Crippen molar-refractivity contribution in [2.75, 3.05) is 33.8 Å². The predicted molar refractivity (Wildman–Crippen MR) is 121 cm³/mol. The van der Waals surface area contributed by atoms with Crippen molar-refractivity contribution < 1.29 is 28.8 Å². The molecule has 0 aromatic heterocycles. The number of ether oxygens (including phenoxy) is 4. The van der Waals surface area contributed by atoms with Crippen LogP contribution in [0.25, 0.3) is 11.6 Å². The number of aliphatic hydroxyl groups excluding tert-OH is 1. The molecule has 0 heterocycles. The molecule has 2 aromatic rings. The summed E-state index contributed by atoms with van der Waals surface area (Å²) in [5.74, 6) is 1.08. The monoisotopic (exact) mass is 441 g/mol. The summed E-state index contributed by atoms with van der Waals surface area (Å²) in [7, 11) is 5.95. The van der Waals surface area contributed by atoms with Crippen LogP contribution in [-0.4, -0.2) is 51.6 Å². The molecule has 1 amide bonds. The Labute approximate surface area is 187 Å². The molecule has 0 saturated heterocycles. The topological polar surface area (TPSA) is 136 Å². The number of amides is 1. The number of carbonyl (C=O) groups is 1. The summed E-state index contributed by atoms with van der Waals surface area (Å²) in [4.78, 5) is 12.3. The molecule has 0 aliphatic heterocycles. The lowest BCUT2D eigenvalue weighted by Gasteiger charge is -2.17. The highest BCUT2D eigenvalue weighted by molar-refractivity contribution is 5.97. The Morgan fingerprint density at radius 2 is 1.66 bits per heavy atom. The zero-order valence-electron chi connectivity index (χ0n) is 18.6. The van der Waals surface area contributed by atoms with Gasteiger partial charge in [0.15, 0.2) is 11.5 Å². The molecule has 170 valence electrons. The van der Waals surface area contributed by atoms with Gasteiger partial charge in [-0.25, -0.2) is 0 Å². The first-order chi connectivity index (χ1) is 15.3. The Morgan fingerprint density at radius 1 is 1.06 bits per heavy atom. The molecule has 2 atom stereocenters. The molecule has 2 aromatic carbocycles. The van der Waals surface area contributed by atoms with Gasteiger partial charge in [-0.2, -0.15) is 5.26 Å². The summed E-state index contributed by atoms with van der Waals surface area (Å²) in [6.45, 7) is 1.43. The van der Waals surface area contributed by atoms with Crippen molar-refractivity contribution in [2.24, 2.45) is 5.73 Å². The van der Waals surface area contributed by atoms with Crippen molar-refractivity contribution in [3.05, 3.63) is 41.5 Å². The first-order valence-electron chi connectivity index (χ1n) is 9.64. The summed E-state index contributed by atoms with van der Waals surface area (Å²) in [6.07, 6.45) is 0.624. The van der Waals surface area contributed by atoms with Gasteiger partial charge in [-0.3, -0.25) is 4.79 Å². The molecule has 0 fully saturated rings. The molecule has 0 aliphatic rings. The van der Waals surface area contributed by atoms with Crippen LogP contribution in [0.3, 0.4) is 0 Å². The van der Waals surface area contributed by atoms with Crippen molar-refractivity contribution in [1.29, 1.82) is 5.26 Å². The normalized spacial score (nSPS) is 12.9. The van der Waals surface area contributed by atoms with Gasteiger partial charge in [0.1, 0.15) is 11.8 Å². The van der Waals surface area contributed by atoms with Gasteiger partial charge in [0, 0.05) is 0 Å². The van der Waals surface area contributed by atoms with E-state index in [4.69, 9.17) is 24.7 Å². The minimum Gasteiger partial charge on any atom is -0.495 e. The lowest BCUT2D eigenvalue weighted by Crippen LogP contribution is -2.43. The molecule has 0 radical (unpaired) electrons. The van der Waals surface area contributed by atoms with Gasteiger partial charge < -0.3 is 35.1 Å². The van der Waals surface area contributed by atoms with Crippen LogP contribution in [-0.2, 0) is 4.79 Å². The van der Waals surface area contributed by atoms with E-state index in [-0.39, 0.29) is 0 Å². The Bertz CT molecular complexity index is 1020. The van der Waals surface area contributed by atoms with E-state index in [1.807, 2.05) is 0 Å². The molecule has 0 unspecified atom stereocenters. The highest BCUT2D eigenvalue weighted by Gasteiger charge is 2.20. The smallest absolute Gasteiger partial charge is 0.244 e. The van der Waals surface area contributed by atoms with Crippen molar-refractivity contribution >= 4 is 23.2 Å². The van der Waals surface area contributed by atoms with Crippen LogP contribution in [0.2, 0.25) is 0 Å². The average Bonchev–Trinajstić information content (AvgIpc) is 2.80. The van der Waals surface area contributed by atoms with E-state index < -0.39 is 18.1 Å². The summed E-state index contributed by atoms with van der Waals surface area (Å²) in [6, 6.07) is 9.43. The number of benzene rings is 2. The number of aliphatic hydroxyl groups is 1. The third-order valence-corrected chi connectivity index (χ3v) is 4.71. The van der Waals surface area contributed by atoms with Crippen LogP contribution >= 0.6 is 0 Å². The van der Waals surface area contributed by atoms with Crippen molar-refractivity contribution in [1.82, 2.24) is 0 Å². The molecule has 32 heavy (non-hydrogen) atoms. The molecular formula is C23H27N3O6. The largest absolute Gasteiger partial charge is 0.495 e. The van der Waals surface area contributed by atoms with Gasteiger partial charge in [-0.15, -0.1) is 0 Å². The van der Waals surface area contributed by atoms with Crippen LogP contribution in [0.1, 0.15) is 18.1 Å². The van der Waals surface area contributed by atoms with Crippen molar-refractivity contribution in [3.63, 3.8) is 0 Å². The number of nitrogens with zero attached hydrogens (tertiary/aromatic N) is 1. The van der Waals surface area contributed by atoms with Crippen LogP contribution < -0.4 is 30.0 Å². The van der Waals surface area contributed by atoms with Crippen LogP contribution in [0, 0.1) is 11.3 Å². The molecule has 9 heteroatoms. The van der Waals surface area contributed by atoms with E-state index in [1.165, 1.54) is 35.4 Å². The zero-order chi connectivity index (χ0) is 23.8. The van der Waals surface area contributed by atoms with Crippen molar-refractivity contribution in [3.8, 4) is 29.1 Å². The second-order valence-corrected chi connectivity index (χ2v) is 6.80. The van der Waals surface area contributed by atoms with Gasteiger partial charge in [-0.1, -0.05) is 6.07 Å². The Morgan fingerprint density at radius 3 is 2.12 bits per heavy atom. The van der Waals surface area contributed by atoms with Gasteiger partial charge in [-0.05, 0) is 48.4 Å². The van der Waals surface area contributed by atoms with E-state index in [9.17, 15) is 15.2 Å². The minimum absolute atomic E-state index is 0.326. The molecule has 0 saturated carbocycles. The highest BCUT2D eigenvalue weighted by atomic mass is 16.5. The molecule has 4 N–H and O–H groups in total. The van der Waals surface area contributed by atoms with Crippen LogP contribution in [0.4, 0.5) is 5.69 Å². The number of hydrogen-bond donors (Lipinski definition) is 3. The Kier molecular flexibility index (Phi) is 8.46. The number of nitriles is 1. The van der Waals surface area contributed by atoms with Gasteiger partial charge in [0.05, 0.1) is 51.9 Å². The lowest BCUT2D eigenvalue weighted by atomic mass is 10.0. The number of hydrogen-bond acceptors (Lipinski definition) is 8. The molecule has 0 bridgehead atoms. The first kappa shape index (κ1) is 24.5. The second kappa shape index (κ2) is 11.0. The Hall–Kier alpha value is -3.74. The van der Waals surface area contributed by atoms with Crippen LogP contribution in [0.15, 0.2) is 30.3 Å². The number of nitrogens with one attached hydrogen (secondary N) is 1. The fraction of sp³-hybridized carbons (Fsp3) is 0.304. The maximum Gasteiger partial charge on any atom is 0.244 e. The van der Waals surface area contributed by atoms with E-state index in [0.29, 0.717) is 45.4 Å². The molecule has 0 spiro atoms. The highest BCUT2D eigenvalue weighted by Crippen LogP contribution is 2.40. The summed E-state index contributed by atoms with van der Waals surface area (Å²) in [5.41, 5.74) is 7.56. The summed E-state index contributed by atoms with van der Waals surface area (Å²) >= 11 is 0. The van der Waals surface area contributed by atoms with E-state index in [1.54, 1.807) is 36.4 Å². The second-order valence-electron chi connectivity index (χ2n) is 6.80. The van der Waals surface area contributed by atoms with Gasteiger partial charge >= 0.3 is 0 Å². The number of nitrogens with two attached hydrogens (primary N) is 1. The third kappa shape index (κ3) is 5.49.